The lowest BCUT2D eigenvalue weighted by atomic mass is 10.0. The van der Waals surface area contributed by atoms with Gasteiger partial charge in [-0.15, -0.1) is 13.2 Å². The summed E-state index contributed by atoms with van der Waals surface area (Å²) in [6.45, 7) is 3.39. The molecule has 0 unspecified atom stereocenters. The van der Waals surface area contributed by atoms with Crippen molar-refractivity contribution in [3.63, 3.8) is 0 Å². The number of hydrogen-bond acceptors (Lipinski definition) is 5. The summed E-state index contributed by atoms with van der Waals surface area (Å²) in [5.74, 6) is -1.04. The number of carbonyl (C=O) groups excluding carboxylic acids is 3. The molecule has 1 saturated heterocycles. The third kappa shape index (κ3) is 5.85. The second-order valence-electron chi connectivity index (χ2n) is 8.94. The number of pyridine rings is 1. The molecule has 12 heteroatoms. The van der Waals surface area contributed by atoms with Crippen molar-refractivity contribution in [2.24, 2.45) is 0 Å². The predicted molar refractivity (Wildman–Crippen MR) is 132 cm³/mol. The molecule has 198 valence electrons. The predicted octanol–water partition coefficient (Wildman–Crippen LogP) is 5.05. The van der Waals surface area contributed by atoms with E-state index >= 15 is 0 Å². The topological polar surface area (TPSA) is 104 Å². The molecule has 3 aromatic rings. The van der Waals surface area contributed by atoms with Crippen LogP contribution >= 0.6 is 0 Å². The largest absolute Gasteiger partial charge is 0.573 e. The van der Waals surface area contributed by atoms with Gasteiger partial charge in [0.15, 0.2) is 0 Å². The van der Waals surface area contributed by atoms with Gasteiger partial charge in [0.2, 0.25) is 0 Å². The summed E-state index contributed by atoms with van der Waals surface area (Å²) in [4.78, 5) is 45.3. The zero-order chi connectivity index (χ0) is 27.5. The van der Waals surface area contributed by atoms with Crippen LogP contribution in [0.3, 0.4) is 0 Å². The molecule has 0 atom stereocenters. The van der Waals surface area contributed by atoms with E-state index in [1.54, 1.807) is 19.9 Å². The third-order valence-corrected chi connectivity index (χ3v) is 5.94. The van der Waals surface area contributed by atoms with Gasteiger partial charge in [-0.2, -0.15) is 0 Å². The van der Waals surface area contributed by atoms with Gasteiger partial charge < -0.3 is 20.3 Å². The van der Waals surface area contributed by atoms with E-state index in [2.05, 4.69) is 20.4 Å². The minimum Gasteiger partial charge on any atom is -0.406 e. The van der Waals surface area contributed by atoms with Crippen LogP contribution in [0.5, 0.6) is 5.75 Å². The van der Waals surface area contributed by atoms with Crippen molar-refractivity contribution < 1.29 is 32.3 Å². The van der Waals surface area contributed by atoms with E-state index in [-0.39, 0.29) is 12.2 Å². The van der Waals surface area contributed by atoms with Gasteiger partial charge in [0.05, 0.1) is 24.1 Å². The minimum atomic E-state index is -4.87. The minimum absolute atomic E-state index is 0.0415. The van der Waals surface area contributed by atoms with Gasteiger partial charge in [0.25, 0.3) is 5.91 Å². The summed E-state index contributed by atoms with van der Waals surface area (Å²) in [6.07, 6.45) is -1.94. The highest BCUT2D eigenvalue weighted by Gasteiger charge is 2.52. The van der Waals surface area contributed by atoms with Crippen LogP contribution in [0.15, 0.2) is 73.1 Å². The highest BCUT2D eigenvalue weighted by Crippen LogP contribution is 2.35. The number of anilines is 2. The van der Waals surface area contributed by atoms with Crippen LogP contribution in [0, 0.1) is 0 Å². The van der Waals surface area contributed by atoms with E-state index in [9.17, 15) is 27.6 Å². The van der Waals surface area contributed by atoms with Crippen molar-refractivity contribution in [2.75, 3.05) is 10.2 Å². The van der Waals surface area contributed by atoms with Crippen LogP contribution in [-0.2, 0) is 17.9 Å². The molecule has 0 bridgehead atoms. The van der Waals surface area contributed by atoms with E-state index in [1.807, 2.05) is 30.3 Å². The Bertz CT molecular complexity index is 1330. The van der Waals surface area contributed by atoms with Gasteiger partial charge >= 0.3 is 18.4 Å². The van der Waals surface area contributed by atoms with Crippen LogP contribution in [0.1, 0.15) is 25.0 Å². The number of urea groups is 2. The molecule has 2 heterocycles. The molecule has 4 rings (SSSR count). The third-order valence-electron chi connectivity index (χ3n) is 5.94. The molecule has 0 spiro atoms. The number of carbonyl (C=O) groups is 3. The number of nitrogens with one attached hydrogen (secondary N) is 2. The Hall–Kier alpha value is -4.61. The number of imide groups is 1. The van der Waals surface area contributed by atoms with Crippen molar-refractivity contribution in [1.82, 2.24) is 15.2 Å². The molecular weight excluding hydrogens is 503 g/mol. The fraction of sp³-hybridized carbons (Fsp3) is 0.231. The van der Waals surface area contributed by atoms with Crippen molar-refractivity contribution in [3.8, 4) is 5.75 Å². The molecule has 2 aromatic carbocycles. The first-order chi connectivity index (χ1) is 18.0. The lowest BCUT2D eigenvalue weighted by Gasteiger charge is -2.28. The van der Waals surface area contributed by atoms with Gasteiger partial charge in [-0.1, -0.05) is 30.3 Å². The molecule has 1 aliphatic rings. The van der Waals surface area contributed by atoms with E-state index in [4.69, 9.17) is 0 Å². The molecule has 9 nitrogen and oxygen atoms in total. The highest BCUT2D eigenvalue weighted by molar-refractivity contribution is 6.23. The first-order valence-corrected chi connectivity index (χ1v) is 11.5. The molecule has 0 aliphatic carbocycles. The maximum atomic E-state index is 13.3. The van der Waals surface area contributed by atoms with E-state index < -0.39 is 35.6 Å². The number of aromatic nitrogens is 1. The van der Waals surface area contributed by atoms with Crippen molar-refractivity contribution in [3.05, 3.63) is 84.2 Å². The SMILES string of the molecule is CC1(C)C(=O)N(c2ccc(OC(F)(F)F)cc2)C(=O)N1Cc1ccncc1NC(=O)NCc1ccccc1. The number of halogens is 3. The Morgan fingerprint density at radius 2 is 1.71 bits per heavy atom. The number of rotatable bonds is 7. The summed E-state index contributed by atoms with van der Waals surface area (Å²) in [6, 6.07) is 14.3. The Kier molecular flexibility index (Phi) is 7.24. The normalized spacial score (nSPS) is 15.0. The molecule has 38 heavy (non-hydrogen) atoms. The van der Waals surface area contributed by atoms with Gasteiger partial charge in [-0.05, 0) is 55.3 Å². The molecule has 1 aromatic heterocycles. The smallest absolute Gasteiger partial charge is 0.406 e. The molecule has 1 aliphatic heterocycles. The van der Waals surface area contributed by atoms with Crippen LogP contribution in [0.4, 0.5) is 34.1 Å². The lowest BCUT2D eigenvalue weighted by molar-refractivity contribution is -0.274. The average molecular weight is 528 g/mol. The monoisotopic (exact) mass is 527 g/mol. The van der Waals surface area contributed by atoms with Crippen LogP contribution < -0.4 is 20.3 Å². The number of hydrogen-bond donors (Lipinski definition) is 2. The molecule has 1 fully saturated rings. The first-order valence-electron chi connectivity index (χ1n) is 11.5. The second-order valence-corrected chi connectivity index (χ2v) is 8.94. The molecular formula is C26H24F3N5O4. The average Bonchev–Trinajstić information content (AvgIpc) is 3.03. The zero-order valence-electron chi connectivity index (χ0n) is 20.5. The summed E-state index contributed by atoms with van der Waals surface area (Å²) in [5, 5.41) is 5.47. The molecule has 0 radical (unpaired) electrons. The number of nitrogens with zero attached hydrogens (tertiary/aromatic N) is 3. The Balaban J connectivity index is 1.49. The number of amides is 5. The van der Waals surface area contributed by atoms with E-state index in [0.29, 0.717) is 17.8 Å². The fourth-order valence-corrected chi connectivity index (χ4v) is 3.91. The Morgan fingerprint density at radius 3 is 2.37 bits per heavy atom. The van der Waals surface area contributed by atoms with Gasteiger partial charge in [-0.25, -0.2) is 14.5 Å². The Morgan fingerprint density at radius 1 is 1.03 bits per heavy atom. The second kappa shape index (κ2) is 10.4. The number of benzene rings is 2. The summed E-state index contributed by atoms with van der Waals surface area (Å²) in [5.41, 5.74) is 0.601. The summed E-state index contributed by atoms with van der Waals surface area (Å²) < 4.78 is 41.3. The first kappa shape index (κ1) is 26.5. The van der Waals surface area contributed by atoms with Gasteiger partial charge in [0, 0.05) is 12.7 Å². The number of alkyl halides is 3. The lowest BCUT2D eigenvalue weighted by Crippen LogP contribution is -2.43. The molecule has 2 N–H and O–H groups in total. The van der Waals surface area contributed by atoms with Crippen LogP contribution in [0.25, 0.3) is 0 Å². The standard InChI is InChI=1S/C26H24F3N5O4/c1-25(2)22(35)34(19-8-10-20(11-9-19)38-26(27,28)29)24(37)33(25)16-18-12-13-30-15-21(18)32-23(36)31-14-17-6-4-3-5-7-17/h3-13,15H,14,16H2,1-2H3,(H2,31,32,36). The quantitative estimate of drug-likeness (QED) is 0.419. The van der Waals surface area contributed by atoms with Gasteiger partial charge in [-0.3, -0.25) is 9.78 Å². The summed E-state index contributed by atoms with van der Waals surface area (Å²) in [7, 11) is 0. The van der Waals surface area contributed by atoms with Gasteiger partial charge in [0.1, 0.15) is 11.3 Å². The maximum absolute atomic E-state index is 13.3. The maximum Gasteiger partial charge on any atom is 0.573 e. The zero-order valence-corrected chi connectivity index (χ0v) is 20.5. The van der Waals surface area contributed by atoms with Crippen molar-refractivity contribution in [1.29, 1.82) is 0 Å². The van der Waals surface area contributed by atoms with Crippen LogP contribution in [0.2, 0.25) is 0 Å². The highest BCUT2D eigenvalue weighted by atomic mass is 19.4. The van der Waals surface area contributed by atoms with Crippen molar-refractivity contribution in [2.45, 2.75) is 38.8 Å². The van der Waals surface area contributed by atoms with Crippen LogP contribution in [-0.4, -0.2) is 39.8 Å². The molecule has 0 saturated carbocycles. The van der Waals surface area contributed by atoms with E-state index in [0.717, 1.165) is 22.6 Å². The van der Waals surface area contributed by atoms with Crippen molar-refractivity contribution >= 4 is 29.3 Å². The molecule has 5 amide bonds. The fourth-order valence-electron chi connectivity index (χ4n) is 3.91. The summed E-state index contributed by atoms with van der Waals surface area (Å²) >= 11 is 0. The number of ether oxygens (including phenoxy) is 1. The Labute approximate surface area is 216 Å². The van der Waals surface area contributed by atoms with E-state index in [1.165, 1.54) is 29.4 Å².